The van der Waals surface area contributed by atoms with Crippen molar-refractivity contribution in [3.63, 3.8) is 0 Å². The van der Waals surface area contributed by atoms with E-state index >= 15 is 0 Å². The smallest absolute Gasteiger partial charge is 0.407 e. The maximum absolute atomic E-state index is 11.9. The second-order valence-corrected chi connectivity index (χ2v) is 10.5. The van der Waals surface area contributed by atoms with E-state index in [4.69, 9.17) is 30.2 Å². The third-order valence-electron chi connectivity index (χ3n) is 6.67. The third-order valence-corrected chi connectivity index (χ3v) is 6.93. The lowest BCUT2D eigenvalue weighted by atomic mass is 9.85. The number of carbonyl (C=O) groups is 1. The van der Waals surface area contributed by atoms with Crippen molar-refractivity contribution in [1.29, 1.82) is 5.26 Å². The monoisotopic (exact) mass is 584 g/mol. The van der Waals surface area contributed by atoms with Crippen LogP contribution in [0.3, 0.4) is 0 Å². The van der Waals surface area contributed by atoms with Crippen LogP contribution in [0.15, 0.2) is 52.9 Å². The summed E-state index contributed by atoms with van der Waals surface area (Å²) in [5.74, 6) is 1.14. The van der Waals surface area contributed by atoms with E-state index in [-0.39, 0.29) is 6.61 Å². The van der Waals surface area contributed by atoms with Crippen LogP contribution in [0, 0.1) is 11.3 Å². The third kappa shape index (κ3) is 10.9. The lowest BCUT2D eigenvalue weighted by Crippen LogP contribution is -2.31. The molecule has 1 atom stereocenters. The summed E-state index contributed by atoms with van der Waals surface area (Å²) >= 11 is 5.66. The Kier molecular flexibility index (Phi) is 13.7. The van der Waals surface area contributed by atoms with E-state index < -0.39 is 11.5 Å². The van der Waals surface area contributed by atoms with Crippen molar-refractivity contribution in [2.45, 2.75) is 44.4 Å². The number of hydrogen-bond acceptors (Lipinski definition) is 8. The minimum absolute atomic E-state index is 0.244. The second kappa shape index (κ2) is 17.5. The highest BCUT2D eigenvalue weighted by Gasteiger charge is 2.33. The van der Waals surface area contributed by atoms with Crippen molar-refractivity contribution in [1.82, 2.24) is 10.3 Å². The van der Waals surface area contributed by atoms with Gasteiger partial charge in [0.1, 0.15) is 17.5 Å². The van der Waals surface area contributed by atoms with Gasteiger partial charge in [0.15, 0.2) is 5.58 Å². The van der Waals surface area contributed by atoms with E-state index in [1.165, 1.54) is 0 Å². The summed E-state index contributed by atoms with van der Waals surface area (Å²) < 4.78 is 22.2. The fourth-order valence-electron chi connectivity index (χ4n) is 4.20. The van der Waals surface area contributed by atoms with E-state index in [9.17, 15) is 10.1 Å². The number of amides is 1. The zero-order valence-corrected chi connectivity index (χ0v) is 24.8. The number of likely N-dealkylation sites (N-methyl/N-ethyl adjacent to an activating group) is 1. The fourth-order valence-corrected chi connectivity index (χ4v) is 4.39. The van der Waals surface area contributed by atoms with Crippen LogP contribution in [0.2, 0.25) is 0 Å². The Balaban J connectivity index is 1.29. The largest absolute Gasteiger partial charge is 0.448 e. The molecule has 0 aliphatic carbocycles. The van der Waals surface area contributed by atoms with Gasteiger partial charge in [-0.3, -0.25) is 0 Å². The van der Waals surface area contributed by atoms with Gasteiger partial charge in [-0.15, -0.1) is 11.6 Å². The maximum Gasteiger partial charge on any atom is 0.407 e. The number of carbonyl (C=O) groups excluding carboxylic acids is 1. The predicted octanol–water partition coefficient (Wildman–Crippen LogP) is 5.85. The molecule has 3 rings (SSSR count). The zero-order valence-electron chi connectivity index (χ0n) is 24.1. The van der Waals surface area contributed by atoms with Gasteiger partial charge in [-0.25, -0.2) is 9.78 Å². The molecule has 3 aromatic rings. The zero-order chi connectivity index (χ0) is 29.3. The molecule has 0 bridgehead atoms. The number of halogens is 1. The lowest BCUT2D eigenvalue weighted by molar-refractivity contribution is 0.0469. The van der Waals surface area contributed by atoms with Gasteiger partial charge < -0.3 is 28.8 Å². The van der Waals surface area contributed by atoms with E-state index in [1.54, 1.807) is 0 Å². The maximum atomic E-state index is 11.9. The Morgan fingerprint density at radius 2 is 1.76 bits per heavy atom. The van der Waals surface area contributed by atoms with Gasteiger partial charge in [0.05, 0.1) is 32.4 Å². The summed E-state index contributed by atoms with van der Waals surface area (Å²) in [7, 11) is 1.93. The molecule has 10 heteroatoms. The normalized spacial score (nSPS) is 12.5. The van der Waals surface area contributed by atoms with Crippen LogP contribution in [-0.4, -0.2) is 70.1 Å². The molecule has 0 spiro atoms. The van der Waals surface area contributed by atoms with Gasteiger partial charge in [0, 0.05) is 31.8 Å². The van der Waals surface area contributed by atoms with E-state index in [2.05, 4.69) is 16.4 Å². The Labute approximate surface area is 247 Å². The first-order valence-electron chi connectivity index (χ1n) is 14.1. The number of anilines is 1. The van der Waals surface area contributed by atoms with E-state index in [0.29, 0.717) is 50.8 Å². The number of nitrogens with one attached hydrogen (secondary N) is 1. The van der Waals surface area contributed by atoms with Crippen molar-refractivity contribution in [2.24, 2.45) is 0 Å². The molecular weight excluding hydrogens is 544 g/mol. The second-order valence-electron chi connectivity index (χ2n) is 10.1. The van der Waals surface area contributed by atoms with Crippen molar-refractivity contribution >= 4 is 34.5 Å². The molecule has 9 nitrogen and oxygen atoms in total. The molecule has 0 aliphatic rings. The predicted molar refractivity (Wildman–Crippen MR) is 161 cm³/mol. The highest BCUT2D eigenvalue weighted by atomic mass is 35.5. The number of ether oxygens (including phenoxy) is 3. The van der Waals surface area contributed by atoms with E-state index in [1.807, 2.05) is 67.4 Å². The SMILES string of the molecule is CN(CCOC(=O)NCCOCCOCCCCCCCl)c1ccc(CC(C)(C#N)c2nc3ccccc3o2)cc1. The van der Waals surface area contributed by atoms with Crippen molar-refractivity contribution in [3.8, 4) is 6.07 Å². The first kappa shape index (κ1) is 32.2. The number of oxazole rings is 1. The Bertz CT molecular complexity index is 1200. The molecular formula is C31H41ClN4O5. The molecule has 0 fully saturated rings. The summed E-state index contributed by atoms with van der Waals surface area (Å²) in [6, 6.07) is 17.8. The highest BCUT2D eigenvalue weighted by Crippen LogP contribution is 2.30. The minimum Gasteiger partial charge on any atom is -0.448 e. The number of benzene rings is 2. The van der Waals surface area contributed by atoms with E-state index in [0.717, 1.165) is 54.9 Å². The number of para-hydroxylation sites is 2. The molecule has 222 valence electrons. The van der Waals surface area contributed by atoms with Crippen LogP contribution >= 0.6 is 11.6 Å². The highest BCUT2D eigenvalue weighted by molar-refractivity contribution is 6.17. The van der Waals surface area contributed by atoms with Crippen LogP contribution in [0.25, 0.3) is 11.1 Å². The number of nitriles is 1. The lowest BCUT2D eigenvalue weighted by Gasteiger charge is -2.21. The molecule has 41 heavy (non-hydrogen) atoms. The number of aromatic nitrogens is 1. The number of alkyl halides is 1. The number of fused-ring (bicyclic) bond motifs is 1. The van der Waals surface area contributed by atoms with Gasteiger partial charge in [-0.2, -0.15) is 5.26 Å². The van der Waals surface area contributed by atoms with Crippen LogP contribution in [0.1, 0.15) is 44.1 Å². The molecule has 1 heterocycles. The molecule has 0 aliphatic heterocycles. The quantitative estimate of drug-likeness (QED) is 0.138. The fraction of sp³-hybridized carbons (Fsp3) is 0.516. The van der Waals surface area contributed by atoms with Crippen LogP contribution in [0.5, 0.6) is 0 Å². The first-order chi connectivity index (χ1) is 19.9. The minimum atomic E-state index is -0.892. The van der Waals surface area contributed by atoms with Gasteiger partial charge in [-0.1, -0.05) is 37.1 Å². The first-order valence-corrected chi connectivity index (χ1v) is 14.7. The molecule has 1 unspecified atom stereocenters. The standard InChI is InChI=1S/C31H41ClN4O5/c1-31(24-33,29-35-27-9-5-6-10-28(27)41-29)23-25-11-13-26(14-12-25)36(2)17-20-40-30(37)34-16-19-39-22-21-38-18-8-4-3-7-15-32/h5-6,9-14H,3-4,7-8,15-23H2,1-2H3,(H,34,37). The summed E-state index contributed by atoms with van der Waals surface area (Å²) in [5, 5.41) is 12.6. The Morgan fingerprint density at radius 3 is 2.49 bits per heavy atom. The van der Waals surface area contributed by atoms with Crippen LogP contribution in [-0.2, 0) is 26.0 Å². The molecule has 1 aromatic heterocycles. The van der Waals surface area contributed by atoms with Gasteiger partial charge in [0.25, 0.3) is 0 Å². The molecule has 0 saturated heterocycles. The van der Waals surface area contributed by atoms with Gasteiger partial charge in [-0.05, 0) is 56.0 Å². The average molecular weight is 585 g/mol. The topological polar surface area (TPSA) is 110 Å². The van der Waals surface area contributed by atoms with Crippen LogP contribution in [0.4, 0.5) is 10.5 Å². The Hall–Kier alpha value is -3.32. The molecule has 0 saturated carbocycles. The van der Waals surface area contributed by atoms with Crippen LogP contribution < -0.4 is 10.2 Å². The average Bonchev–Trinajstić information content (AvgIpc) is 3.43. The number of alkyl carbamates (subject to hydrolysis) is 1. The number of hydrogen-bond donors (Lipinski definition) is 1. The molecule has 1 amide bonds. The Morgan fingerprint density at radius 1 is 1.02 bits per heavy atom. The number of unbranched alkanes of at least 4 members (excludes halogenated alkanes) is 3. The summed E-state index contributed by atoms with van der Waals surface area (Å²) in [5.41, 5.74) is 2.49. The number of rotatable bonds is 19. The van der Waals surface area contributed by atoms with Crippen molar-refractivity contribution in [2.75, 3.05) is 64.0 Å². The van der Waals surface area contributed by atoms with Crippen molar-refractivity contribution < 1.29 is 23.4 Å². The summed E-state index contributed by atoms with van der Waals surface area (Å²) in [6.07, 6.45) is 4.36. The van der Waals surface area contributed by atoms with Crippen molar-refractivity contribution in [3.05, 3.63) is 60.0 Å². The molecule has 2 aromatic carbocycles. The summed E-state index contributed by atoms with van der Waals surface area (Å²) in [4.78, 5) is 18.5. The molecule has 1 N–H and O–H groups in total. The molecule has 0 radical (unpaired) electrons. The van der Waals surface area contributed by atoms with Gasteiger partial charge in [0.2, 0.25) is 5.89 Å². The summed E-state index contributed by atoms with van der Waals surface area (Å²) in [6.45, 7) is 5.17. The number of nitrogens with zero attached hydrogens (tertiary/aromatic N) is 3. The van der Waals surface area contributed by atoms with Gasteiger partial charge >= 0.3 is 6.09 Å².